The van der Waals surface area contributed by atoms with Crippen molar-refractivity contribution in [3.63, 3.8) is 0 Å². The summed E-state index contributed by atoms with van der Waals surface area (Å²) in [7, 11) is 0. The van der Waals surface area contributed by atoms with Crippen LogP contribution in [0.25, 0.3) is 0 Å². The Labute approximate surface area is 346 Å². The molecular formula is C52H87NO3. The van der Waals surface area contributed by atoms with Crippen LogP contribution in [0.5, 0.6) is 11.5 Å². The summed E-state index contributed by atoms with van der Waals surface area (Å²) in [6.45, 7) is 6.23. The second-order valence-electron chi connectivity index (χ2n) is 17.3. The van der Waals surface area contributed by atoms with Gasteiger partial charge in [0.2, 0.25) is 0 Å². The third-order valence-electron chi connectivity index (χ3n) is 12.1. The Balaban J connectivity index is 1.29. The number of fused-ring (bicyclic) bond motifs is 2. The molecule has 3 rings (SSSR count). The van der Waals surface area contributed by atoms with Gasteiger partial charge < -0.3 is 9.57 Å². The van der Waals surface area contributed by atoms with Crippen LogP contribution in [-0.4, -0.2) is 24.1 Å². The molecule has 0 saturated heterocycles. The molecule has 2 aromatic carbocycles. The second kappa shape index (κ2) is 33.6. The summed E-state index contributed by atoms with van der Waals surface area (Å²) >= 11 is 0. The van der Waals surface area contributed by atoms with Crippen molar-refractivity contribution < 1.29 is 14.4 Å². The number of ether oxygens (including phenoxy) is 1. The predicted octanol–water partition coefficient (Wildman–Crippen LogP) is 17.1. The number of hydrogen-bond acceptors (Lipinski definition) is 4. The van der Waals surface area contributed by atoms with Crippen LogP contribution in [0.4, 0.5) is 0 Å². The average molecular weight is 774 g/mol. The highest BCUT2D eigenvalue weighted by Gasteiger charge is 2.24. The Morgan fingerprint density at radius 3 is 1.23 bits per heavy atom. The average Bonchev–Trinajstić information content (AvgIpc) is 3.21. The fraction of sp³-hybridized carbons (Fsp3) is 0.750. The number of benzene rings is 2. The van der Waals surface area contributed by atoms with E-state index in [0.29, 0.717) is 12.0 Å². The lowest BCUT2D eigenvalue weighted by Crippen LogP contribution is -2.30. The van der Waals surface area contributed by atoms with Gasteiger partial charge in [-0.2, -0.15) is 0 Å². The molecule has 1 aliphatic rings. The second-order valence-corrected chi connectivity index (χ2v) is 17.3. The maximum atomic E-state index is 13.7. The lowest BCUT2D eigenvalue weighted by molar-refractivity contribution is -0.111. The van der Waals surface area contributed by atoms with Crippen molar-refractivity contribution in [3.05, 3.63) is 59.2 Å². The van der Waals surface area contributed by atoms with Crippen LogP contribution in [0, 0.1) is 0 Å². The third kappa shape index (κ3) is 22.6. The molecular weight excluding hydrogens is 687 g/mol. The molecule has 0 aromatic heterocycles. The number of rotatable bonds is 38. The van der Waals surface area contributed by atoms with E-state index >= 15 is 0 Å². The van der Waals surface area contributed by atoms with Crippen molar-refractivity contribution in [3.8, 4) is 11.5 Å². The molecule has 0 fully saturated rings. The largest absolute Gasteiger partial charge is 0.457 e. The molecule has 0 amide bonds. The SMILES string of the molecule is CCCCCCCCCCCCCCCCCCCN(CCCCCCCCCCCCCCCCCCC)OC(=O)c1cccc2c1Cc1ccccc1O2. The van der Waals surface area contributed by atoms with Gasteiger partial charge in [-0.05, 0) is 36.6 Å². The van der Waals surface area contributed by atoms with E-state index in [9.17, 15) is 4.79 Å². The molecule has 2 aromatic rings. The van der Waals surface area contributed by atoms with E-state index in [2.05, 4.69) is 19.9 Å². The first-order valence-electron chi connectivity index (χ1n) is 24.6. The number of para-hydroxylation sites is 1. The molecule has 56 heavy (non-hydrogen) atoms. The van der Waals surface area contributed by atoms with E-state index in [1.807, 2.05) is 41.5 Å². The predicted molar refractivity (Wildman–Crippen MR) is 241 cm³/mol. The topological polar surface area (TPSA) is 38.8 Å². The minimum Gasteiger partial charge on any atom is -0.457 e. The highest BCUT2D eigenvalue weighted by Crippen LogP contribution is 2.38. The van der Waals surface area contributed by atoms with Crippen molar-refractivity contribution in [2.45, 2.75) is 239 Å². The number of carbonyl (C=O) groups excluding carboxylic acids is 1. The van der Waals surface area contributed by atoms with Gasteiger partial charge in [0.15, 0.2) is 0 Å². The van der Waals surface area contributed by atoms with Crippen LogP contribution in [0.15, 0.2) is 42.5 Å². The zero-order chi connectivity index (χ0) is 39.6. The van der Waals surface area contributed by atoms with Gasteiger partial charge in [-0.3, -0.25) is 0 Å². The summed E-state index contributed by atoms with van der Waals surface area (Å²) in [5.74, 6) is 1.40. The summed E-state index contributed by atoms with van der Waals surface area (Å²) in [5.41, 5.74) is 2.68. The van der Waals surface area contributed by atoms with Crippen LogP contribution < -0.4 is 4.74 Å². The van der Waals surface area contributed by atoms with Crippen molar-refractivity contribution >= 4 is 5.97 Å². The third-order valence-corrected chi connectivity index (χ3v) is 12.1. The van der Waals surface area contributed by atoms with Gasteiger partial charge in [0, 0.05) is 25.1 Å². The minimum absolute atomic E-state index is 0.247. The van der Waals surface area contributed by atoms with E-state index in [-0.39, 0.29) is 5.97 Å². The van der Waals surface area contributed by atoms with E-state index in [1.54, 1.807) is 0 Å². The van der Waals surface area contributed by atoms with Crippen LogP contribution in [0.3, 0.4) is 0 Å². The lowest BCUT2D eigenvalue weighted by Gasteiger charge is -2.24. The molecule has 318 valence electrons. The van der Waals surface area contributed by atoms with E-state index in [1.165, 1.54) is 205 Å². The fourth-order valence-electron chi connectivity index (χ4n) is 8.49. The summed E-state index contributed by atoms with van der Waals surface area (Å²) in [6.07, 6.45) is 47.2. The monoisotopic (exact) mass is 774 g/mol. The quantitative estimate of drug-likeness (QED) is 0.0429. The molecule has 4 heteroatoms. The first-order chi connectivity index (χ1) is 27.7. The molecule has 0 bridgehead atoms. The van der Waals surface area contributed by atoms with Gasteiger partial charge in [-0.15, -0.1) is 5.06 Å². The standard InChI is InChI=1S/C52H87NO3/c1-3-5-7-9-11-13-15-17-19-21-23-25-27-29-31-33-37-44-53(45-38-34-32-30-28-26-24-22-20-18-16-14-12-10-8-6-4-2)56-52(54)48-41-39-43-51-49(48)46-47-40-35-36-42-50(47)55-51/h35-36,39-43H,3-34,37-38,44-46H2,1-2H3. The van der Waals surface area contributed by atoms with Crippen molar-refractivity contribution in [2.75, 3.05) is 13.1 Å². The van der Waals surface area contributed by atoms with Crippen LogP contribution >= 0.6 is 0 Å². The van der Waals surface area contributed by atoms with Crippen LogP contribution in [-0.2, 0) is 11.3 Å². The molecule has 1 heterocycles. The molecule has 0 atom stereocenters. The zero-order valence-corrected chi connectivity index (χ0v) is 36.9. The van der Waals surface area contributed by atoms with Crippen molar-refractivity contribution in [1.82, 2.24) is 5.06 Å². The van der Waals surface area contributed by atoms with Crippen molar-refractivity contribution in [1.29, 1.82) is 0 Å². The number of nitrogens with zero attached hydrogens (tertiary/aromatic N) is 1. The lowest BCUT2D eigenvalue weighted by atomic mass is 9.96. The number of hydrogen-bond donors (Lipinski definition) is 0. The molecule has 0 aliphatic carbocycles. The fourth-order valence-corrected chi connectivity index (χ4v) is 8.49. The molecule has 0 N–H and O–H groups in total. The Hall–Kier alpha value is -2.33. The first kappa shape index (κ1) is 48.0. The van der Waals surface area contributed by atoms with Gasteiger partial charge in [-0.1, -0.05) is 244 Å². The van der Waals surface area contributed by atoms with Crippen molar-refractivity contribution in [2.24, 2.45) is 0 Å². The Bertz CT molecular complexity index is 1190. The van der Waals surface area contributed by atoms with E-state index in [4.69, 9.17) is 9.57 Å². The molecule has 4 nitrogen and oxygen atoms in total. The highest BCUT2D eigenvalue weighted by atomic mass is 16.7. The summed E-state index contributed by atoms with van der Waals surface area (Å²) in [4.78, 5) is 19.9. The maximum Gasteiger partial charge on any atom is 0.357 e. The van der Waals surface area contributed by atoms with Crippen LogP contribution in [0.1, 0.15) is 254 Å². The minimum atomic E-state index is -0.247. The van der Waals surface area contributed by atoms with E-state index < -0.39 is 0 Å². The van der Waals surface area contributed by atoms with E-state index in [0.717, 1.165) is 48.6 Å². The molecule has 0 radical (unpaired) electrons. The highest BCUT2D eigenvalue weighted by molar-refractivity contribution is 5.92. The zero-order valence-electron chi connectivity index (χ0n) is 36.9. The van der Waals surface area contributed by atoms with Crippen LogP contribution in [0.2, 0.25) is 0 Å². The summed E-state index contributed by atoms with van der Waals surface area (Å²) in [6, 6.07) is 13.9. The molecule has 0 saturated carbocycles. The summed E-state index contributed by atoms with van der Waals surface area (Å²) in [5, 5.41) is 1.98. The van der Waals surface area contributed by atoms with Gasteiger partial charge in [0.25, 0.3) is 0 Å². The van der Waals surface area contributed by atoms with Gasteiger partial charge in [-0.25, -0.2) is 4.79 Å². The Morgan fingerprint density at radius 1 is 0.464 bits per heavy atom. The smallest absolute Gasteiger partial charge is 0.357 e. The van der Waals surface area contributed by atoms with Gasteiger partial charge in [0.05, 0.1) is 5.56 Å². The number of carbonyl (C=O) groups is 1. The number of hydroxylamine groups is 2. The number of unbranched alkanes of at least 4 members (excludes halogenated alkanes) is 32. The van der Waals surface area contributed by atoms with Gasteiger partial charge >= 0.3 is 5.97 Å². The molecule has 0 spiro atoms. The Morgan fingerprint density at radius 2 is 0.821 bits per heavy atom. The summed E-state index contributed by atoms with van der Waals surface area (Å²) < 4.78 is 6.19. The Kier molecular flexibility index (Phi) is 28.8. The van der Waals surface area contributed by atoms with Gasteiger partial charge in [0.1, 0.15) is 11.5 Å². The molecule has 0 unspecified atom stereocenters. The normalized spacial score (nSPS) is 12.1. The maximum absolute atomic E-state index is 13.7. The molecule has 1 aliphatic heterocycles. The first-order valence-corrected chi connectivity index (χ1v) is 24.6.